The third-order valence-corrected chi connectivity index (χ3v) is 1.59. The van der Waals surface area contributed by atoms with Crippen LogP contribution in [0.4, 0.5) is 11.5 Å². The van der Waals surface area contributed by atoms with Crippen LogP contribution in [0.5, 0.6) is 0 Å². The van der Waals surface area contributed by atoms with Crippen molar-refractivity contribution in [3.8, 4) is 0 Å². The van der Waals surface area contributed by atoms with Crippen LogP contribution in [0.15, 0.2) is 18.3 Å². The van der Waals surface area contributed by atoms with Gasteiger partial charge in [0.1, 0.15) is 11.6 Å². The van der Waals surface area contributed by atoms with Crippen LogP contribution < -0.4 is 11.1 Å². The second-order valence-electron chi connectivity index (χ2n) is 2.85. The highest BCUT2D eigenvalue weighted by Gasteiger charge is 1.94. The van der Waals surface area contributed by atoms with E-state index >= 15 is 0 Å². The molecule has 13 heavy (non-hydrogen) atoms. The Morgan fingerprint density at radius 2 is 2.38 bits per heavy atom. The summed E-state index contributed by atoms with van der Waals surface area (Å²) in [6, 6.07) is 3.55. The molecule has 0 aliphatic carbocycles. The van der Waals surface area contributed by atoms with Gasteiger partial charge in [-0.3, -0.25) is 4.79 Å². The van der Waals surface area contributed by atoms with E-state index in [0.29, 0.717) is 18.8 Å². The molecule has 0 amide bonds. The Morgan fingerprint density at radius 1 is 1.62 bits per heavy atom. The van der Waals surface area contributed by atoms with Crippen molar-refractivity contribution < 1.29 is 4.79 Å². The van der Waals surface area contributed by atoms with Gasteiger partial charge < -0.3 is 11.1 Å². The molecular weight excluding hydrogens is 166 g/mol. The number of carbonyl (C=O) groups excluding carboxylic acids is 1. The first-order valence-electron chi connectivity index (χ1n) is 4.13. The largest absolute Gasteiger partial charge is 0.384 e. The van der Waals surface area contributed by atoms with E-state index in [0.717, 1.165) is 5.69 Å². The van der Waals surface area contributed by atoms with Gasteiger partial charge in [-0.2, -0.15) is 0 Å². The van der Waals surface area contributed by atoms with Gasteiger partial charge in [0.15, 0.2) is 0 Å². The minimum Gasteiger partial charge on any atom is -0.384 e. The van der Waals surface area contributed by atoms with E-state index in [2.05, 4.69) is 10.3 Å². The van der Waals surface area contributed by atoms with Crippen molar-refractivity contribution in [2.45, 2.75) is 13.3 Å². The lowest BCUT2D eigenvalue weighted by Gasteiger charge is -2.03. The number of hydrogen-bond donors (Lipinski definition) is 2. The molecule has 0 radical (unpaired) electrons. The number of carbonyl (C=O) groups is 1. The zero-order chi connectivity index (χ0) is 9.68. The Kier molecular flexibility index (Phi) is 3.25. The van der Waals surface area contributed by atoms with Crippen molar-refractivity contribution in [3.63, 3.8) is 0 Å². The molecule has 1 heterocycles. The standard InChI is InChI=1S/C9H13N3O/c1-7(13)4-5-11-8-2-3-9(10)12-6-8/h2-3,6,11H,4-5H2,1H3,(H2,10,12). The van der Waals surface area contributed by atoms with Gasteiger partial charge >= 0.3 is 0 Å². The first kappa shape index (κ1) is 9.51. The van der Waals surface area contributed by atoms with Crippen LogP contribution in [0.2, 0.25) is 0 Å². The average Bonchev–Trinajstić information content (AvgIpc) is 2.08. The van der Waals surface area contributed by atoms with Crippen LogP contribution in [-0.2, 0) is 4.79 Å². The summed E-state index contributed by atoms with van der Waals surface area (Å²) in [7, 11) is 0. The topological polar surface area (TPSA) is 68.0 Å². The predicted octanol–water partition coefficient (Wildman–Crippen LogP) is 1.05. The van der Waals surface area contributed by atoms with Crippen molar-refractivity contribution >= 4 is 17.3 Å². The average molecular weight is 179 g/mol. The Labute approximate surface area is 77.2 Å². The SMILES string of the molecule is CC(=O)CCNc1ccc(N)nc1. The van der Waals surface area contributed by atoms with E-state index in [1.165, 1.54) is 0 Å². The summed E-state index contributed by atoms with van der Waals surface area (Å²) in [5.41, 5.74) is 6.30. The summed E-state index contributed by atoms with van der Waals surface area (Å²) in [5, 5.41) is 3.06. The van der Waals surface area contributed by atoms with E-state index in [-0.39, 0.29) is 5.78 Å². The summed E-state index contributed by atoms with van der Waals surface area (Å²) in [6.07, 6.45) is 2.18. The third kappa shape index (κ3) is 3.55. The van der Waals surface area contributed by atoms with Crippen molar-refractivity contribution in [1.29, 1.82) is 0 Å². The highest BCUT2D eigenvalue weighted by Crippen LogP contribution is 2.06. The Morgan fingerprint density at radius 3 is 2.92 bits per heavy atom. The molecule has 0 spiro atoms. The number of nitrogen functional groups attached to an aromatic ring is 1. The number of pyridine rings is 1. The molecule has 3 N–H and O–H groups in total. The number of ketones is 1. The van der Waals surface area contributed by atoms with E-state index in [1.807, 2.05) is 6.07 Å². The molecule has 0 aliphatic heterocycles. The van der Waals surface area contributed by atoms with Gasteiger partial charge in [-0.05, 0) is 19.1 Å². The molecule has 4 nitrogen and oxygen atoms in total. The van der Waals surface area contributed by atoms with E-state index in [9.17, 15) is 4.79 Å². The van der Waals surface area contributed by atoms with Crippen LogP contribution in [0.3, 0.4) is 0 Å². The minimum atomic E-state index is 0.177. The molecule has 0 aromatic carbocycles. The van der Waals surface area contributed by atoms with E-state index in [4.69, 9.17) is 5.73 Å². The Bertz CT molecular complexity index is 281. The number of nitrogens with zero attached hydrogens (tertiary/aromatic N) is 1. The second-order valence-corrected chi connectivity index (χ2v) is 2.85. The summed E-state index contributed by atoms with van der Waals surface area (Å²) >= 11 is 0. The lowest BCUT2D eigenvalue weighted by molar-refractivity contribution is -0.116. The maximum Gasteiger partial charge on any atom is 0.131 e. The molecule has 1 aromatic heterocycles. The zero-order valence-corrected chi connectivity index (χ0v) is 7.58. The second kappa shape index (κ2) is 4.45. The lowest BCUT2D eigenvalue weighted by Crippen LogP contribution is -2.06. The van der Waals surface area contributed by atoms with Gasteiger partial charge in [-0.25, -0.2) is 4.98 Å². The summed E-state index contributed by atoms with van der Waals surface area (Å²) < 4.78 is 0. The van der Waals surface area contributed by atoms with Gasteiger partial charge in [-0.1, -0.05) is 0 Å². The normalized spacial score (nSPS) is 9.62. The number of nitrogens with two attached hydrogens (primary N) is 1. The number of rotatable bonds is 4. The van der Waals surface area contributed by atoms with Crippen LogP contribution in [0.1, 0.15) is 13.3 Å². The number of anilines is 2. The molecule has 1 rings (SSSR count). The fourth-order valence-corrected chi connectivity index (χ4v) is 0.893. The molecule has 0 atom stereocenters. The summed E-state index contributed by atoms with van der Waals surface area (Å²) in [4.78, 5) is 14.5. The number of Topliss-reactive ketones (excluding diaryl/α,β-unsaturated/α-hetero) is 1. The van der Waals surface area contributed by atoms with E-state index < -0.39 is 0 Å². The molecule has 4 heteroatoms. The maximum atomic E-state index is 10.6. The quantitative estimate of drug-likeness (QED) is 0.725. The van der Waals surface area contributed by atoms with Crippen LogP contribution in [0, 0.1) is 0 Å². The van der Waals surface area contributed by atoms with Crippen molar-refractivity contribution in [1.82, 2.24) is 4.98 Å². The van der Waals surface area contributed by atoms with Crippen LogP contribution in [0.25, 0.3) is 0 Å². The fourth-order valence-electron chi connectivity index (χ4n) is 0.893. The van der Waals surface area contributed by atoms with Crippen molar-refractivity contribution in [2.24, 2.45) is 0 Å². The minimum absolute atomic E-state index is 0.177. The molecule has 0 bridgehead atoms. The number of hydrogen-bond acceptors (Lipinski definition) is 4. The van der Waals surface area contributed by atoms with Gasteiger partial charge in [0.05, 0.1) is 11.9 Å². The van der Waals surface area contributed by atoms with Gasteiger partial charge in [-0.15, -0.1) is 0 Å². The fraction of sp³-hybridized carbons (Fsp3) is 0.333. The van der Waals surface area contributed by atoms with E-state index in [1.54, 1.807) is 19.2 Å². The van der Waals surface area contributed by atoms with Gasteiger partial charge in [0, 0.05) is 13.0 Å². The first-order chi connectivity index (χ1) is 6.18. The smallest absolute Gasteiger partial charge is 0.131 e. The predicted molar refractivity (Wildman–Crippen MR) is 52.4 cm³/mol. The van der Waals surface area contributed by atoms with Crippen molar-refractivity contribution in [2.75, 3.05) is 17.6 Å². The number of nitrogens with one attached hydrogen (secondary N) is 1. The highest BCUT2D eigenvalue weighted by atomic mass is 16.1. The maximum absolute atomic E-state index is 10.6. The van der Waals surface area contributed by atoms with Gasteiger partial charge in [0.2, 0.25) is 0 Å². The molecule has 0 aliphatic rings. The Hall–Kier alpha value is -1.58. The first-order valence-corrected chi connectivity index (χ1v) is 4.13. The summed E-state index contributed by atoms with van der Waals surface area (Å²) in [5.74, 6) is 0.674. The van der Waals surface area contributed by atoms with Crippen LogP contribution >= 0.6 is 0 Å². The Balaban J connectivity index is 2.37. The molecule has 0 saturated carbocycles. The third-order valence-electron chi connectivity index (χ3n) is 1.59. The summed E-state index contributed by atoms with van der Waals surface area (Å²) in [6.45, 7) is 2.21. The molecule has 0 fully saturated rings. The molecule has 0 unspecified atom stereocenters. The monoisotopic (exact) mass is 179 g/mol. The van der Waals surface area contributed by atoms with Crippen molar-refractivity contribution in [3.05, 3.63) is 18.3 Å². The molecule has 1 aromatic rings. The van der Waals surface area contributed by atoms with Gasteiger partial charge in [0.25, 0.3) is 0 Å². The van der Waals surface area contributed by atoms with Crippen LogP contribution in [-0.4, -0.2) is 17.3 Å². The molecule has 70 valence electrons. The molecule has 0 saturated heterocycles. The molecular formula is C9H13N3O. The zero-order valence-electron chi connectivity index (χ0n) is 7.58. The lowest BCUT2D eigenvalue weighted by atomic mass is 10.3. The highest BCUT2D eigenvalue weighted by molar-refractivity contribution is 5.76. The number of aromatic nitrogens is 1.